The summed E-state index contributed by atoms with van der Waals surface area (Å²) in [7, 11) is 0. The molecule has 1 fully saturated rings. The Morgan fingerprint density at radius 3 is 2.79 bits per heavy atom. The van der Waals surface area contributed by atoms with E-state index in [0.717, 1.165) is 53.4 Å². The van der Waals surface area contributed by atoms with Crippen molar-refractivity contribution in [2.24, 2.45) is 5.92 Å². The van der Waals surface area contributed by atoms with Crippen LogP contribution in [0.3, 0.4) is 0 Å². The summed E-state index contributed by atoms with van der Waals surface area (Å²) in [4.78, 5) is 24.6. The monoisotopic (exact) mass is 394 g/mol. The van der Waals surface area contributed by atoms with Crippen LogP contribution in [0.2, 0.25) is 0 Å². The number of fused-ring (bicyclic) bond motifs is 1. The SMILES string of the molecule is Cc1ccc2nc(C)cc(C(=O)Nc3nc(CN4CCC(C)CC4)cs3)c2c1. The molecule has 0 radical (unpaired) electrons. The van der Waals surface area contributed by atoms with Crippen molar-refractivity contribution in [3.05, 3.63) is 52.2 Å². The molecule has 0 saturated carbocycles. The maximum atomic E-state index is 12.9. The molecule has 5 nitrogen and oxygen atoms in total. The molecule has 4 rings (SSSR count). The fourth-order valence-electron chi connectivity index (χ4n) is 3.71. The molecule has 1 aliphatic heterocycles. The van der Waals surface area contributed by atoms with Crippen molar-refractivity contribution in [2.45, 2.75) is 40.2 Å². The number of hydrogen-bond donors (Lipinski definition) is 1. The van der Waals surface area contributed by atoms with Crippen LogP contribution in [0.15, 0.2) is 29.6 Å². The molecule has 1 saturated heterocycles. The smallest absolute Gasteiger partial charge is 0.258 e. The van der Waals surface area contributed by atoms with Crippen molar-refractivity contribution in [2.75, 3.05) is 18.4 Å². The molecule has 3 heterocycles. The molecule has 0 unspecified atom stereocenters. The largest absolute Gasteiger partial charge is 0.298 e. The van der Waals surface area contributed by atoms with Gasteiger partial charge in [-0.3, -0.25) is 20.0 Å². The van der Waals surface area contributed by atoms with Crippen LogP contribution in [-0.4, -0.2) is 33.9 Å². The lowest BCUT2D eigenvalue weighted by atomic mass is 9.99. The van der Waals surface area contributed by atoms with Gasteiger partial charge in [0.05, 0.1) is 16.8 Å². The third kappa shape index (κ3) is 4.23. The van der Waals surface area contributed by atoms with Crippen molar-refractivity contribution in [3.8, 4) is 0 Å². The van der Waals surface area contributed by atoms with Crippen molar-refractivity contribution in [1.82, 2.24) is 14.9 Å². The molecule has 0 aliphatic carbocycles. The standard InChI is InChI=1S/C22H26N4OS/c1-14-6-8-26(9-7-14)12-17-13-28-22(24-17)25-21(27)19-11-16(3)23-20-5-4-15(2)10-18(19)20/h4-5,10-11,13-14H,6-9,12H2,1-3H3,(H,24,25,27). The van der Waals surface area contributed by atoms with E-state index in [1.165, 1.54) is 24.2 Å². The number of pyridine rings is 1. The molecule has 1 amide bonds. The maximum Gasteiger partial charge on any atom is 0.258 e. The molecule has 0 bridgehead atoms. The number of aryl methyl sites for hydroxylation is 2. The van der Waals surface area contributed by atoms with Gasteiger partial charge in [-0.1, -0.05) is 18.6 Å². The summed E-state index contributed by atoms with van der Waals surface area (Å²) in [5.74, 6) is 0.692. The van der Waals surface area contributed by atoms with Crippen molar-refractivity contribution < 1.29 is 4.79 Å². The Kier molecular flexibility index (Phi) is 5.42. The Morgan fingerprint density at radius 1 is 1.21 bits per heavy atom. The number of hydrogen-bond acceptors (Lipinski definition) is 5. The van der Waals surface area contributed by atoms with E-state index in [1.54, 1.807) is 0 Å². The maximum absolute atomic E-state index is 12.9. The second-order valence-corrected chi connectivity index (χ2v) is 8.75. The number of rotatable bonds is 4. The number of carbonyl (C=O) groups is 1. The lowest BCUT2D eigenvalue weighted by Gasteiger charge is -2.29. The van der Waals surface area contributed by atoms with E-state index in [-0.39, 0.29) is 5.91 Å². The molecule has 1 aliphatic rings. The minimum absolute atomic E-state index is 0.131. The molecule has 1 N–H and O–H groups in total. The number of thiazole rings is 1. The molecule has 2 aromatic heterocycles. The lowest BCUT2D eigenvalue weighted by molar-refractivity contribution is 0.102. The number of nitrogens with zero attached hydrogens (tertiary/aromatic N) is 3. The number of likely N-dealkylation sites (tertiary alicyclic amines) is 1. The van der Waals surface area contributed by atoms with E-state index in [4.69, 9.17) is 0 Å². The highest BCUT2D eigenvalue weighted by atomic mass is 32.1. The van der Waals surface area contributed by atoms with Crippen LogP contribution in [0.1, 0.15) is 47.1 Å². The number of nitrogens with one attached hydrogen (secondary N) is 1. The minimum Gasteiger partial charge on any atom is -0.298 e. The molecule has 0 spiro atoms. The molecule has 3 aromatic rings. The summed E-state index contributed by atoms with van der Waals surface area (Å²) in [6, 6.07) is 7.85. The van der Waals surface area contributed by atoms with Crippen LogP contribution < -0.4 is 5.32 Å². The first-order valence-electron chi connectivity index (χ1n) is 9.84. The predicted octanol–water partition coefficient (Wildman–Crippen LogP) is 4.79. The lowest BCUT2D eigenvalue weighted by Crippen LogP contribution is -2.32. The molecule has 6 heteroatoms. The number of benzene rings is 1. The van der Waals surface area contributed by atoms with Crippen molar-refractivity contribution in [1.29, 1.82) is 0 Å². The predicted molar refractivity (Wildman–Crippen MR) is 115 cm³/mol. The molecule has 1 aromatic carbocycles. The quantitative estimate of drug-likeness (QED) is 0.691. The Labute approximate surface area is 169 Å². The van der Waals surface area contributed by atoms with Gasteiger partial charge in [0, 0.05) is 23.0 Å². The molecular weight excluding hydrogens is 368 g/mol. The van der Waals surface area contributed by atoms with Gasteiger partial charge in [-0.15, -0.1) is 11.3 Å². The summed E-state index contributed by atoms with van der Waals surface area (Å²) >= 11 is 1.49. The van der Waals surface area contributed by atoms with Crippen LogP contribution in [0.25, 0.3) is 10.9 Å². The first-order valence-corrected chi connectivity index (χ1v) is 10.7. The van der Waals surface area contributed by atoms with E-state index in [9.17, 15) is 4.79 Å². The zero-order chi connectivity index (χ0) is 19.7. The highest BCUT2D eigenvalue weighted by Gasteiger charge is 2.18. The fourth-order valence-corrected chi connectivity index (χ4v) is 4.41. The third-order valence-corrected chi connectivity index (χ3v) is 6.18. The van der Waals surface area contributed by atoms with Gasteiger partial charge in [-0.25, -0.2) is 4.98 Å². The topological polar surface area (TPSA) is 58.1 Å². The van der Waals surface area contributed by atoms with Gasteiger partial charge in [0.2, 0.25) is 0 Å². The average Bonchev–Trinajstić information content (AvgIpc) is 3.10. The second kappa shape index (κ2) is 7.97. The Balaban J connectivity index is 1.49. The van der Waals surface area contributed by atoms with Gasteiger partial charge in [0.1, 0.15) is 0 Å². The van der Waals surface area contributed by atoms with Gasteiger partial charge in [0.15, 0.2) is 5.13 Å². The summed E-state index contributed by atoms with van der Waals surface area (Å²) in [5.41, 5.74) is 4.46. The summed E-state index contributed by atoms with van der Waals surface area (Å²) in [6.45, 7) is 9.37. The number of carbonyl (C=O) groups excluding carboxylic acids is 1. The first-order chi connectivity index (χ1) is 13.5. The highest BCUT2D eigenvalue weighted by Crippen LogP contribution is 2.24. The van der Waals surface area contributed by atoms with Crippen LogP contribution >= 0.6 is 11.3 Å². The first kappa shape index (κ1) is 19.0. The summed E-state index contributed by atoms with van der Waals surface area (Å²) in [6.07, 6.45) is 2.50. The summed E-state index contributed by atoms with van der Waals surface area (Å²) < 4.78 is 0. The van der Waals surface area contributed by atoms with E-state index in [1.807, 2.05) is 43.5 Å². The molecule has 28 heavy (non-hydrogen) atoms. The van der Waals surface area contributed by atoms with E-state index in [2.05, 4.69) is 27.1 Å². The average molecular weight is 395 g/mol. The molecular formula is C22H26N4OS. The van der Waals surface area contributed by atoms with Gasteiger partial charge >= 0.3 is 0 Å². The third-order valence-electron chi connectivity index (χ3n) is 5.37. The number of aromatic nitrogens is 2. The van der Waals surface area contributed by atoms with Gasteiger partial charge < -0.3 is 0 Å². The van der Waals surface area contributed by atoms with Gasteiger partial charge in [-0.05, 0) is 63.9 Å². The van der Waals surface area contributed by atoms with Crippen LogP contribution in [-0.2, 0) is 6.54 Å². The van der Waals surface area contributed by atoms with E-state index in [0.29, 0.717) is 10.7 Å². The summed E-state index contributed by atoms with van der Waals surface area (Å²) in [5, 5.41) is 6.56. The van der Waals surface area contributed by atoms with Crippen LogP contribution in [0.4, 0.5) is 5.13 Å². The molecule has 146 valence electrons. The fraction of sp³-hybridized carbons (Fsp3) is 0.409. The van der Waals surface area contributed by atoms with E-state index >= 15 is 0 Å². The zero-order valence-corrected chi connectivity index (χ0v) is 17.5. The zero-order valence-electron chi connectivity index (χ0n) is 16.7. The number of amides is 1. The van der Waals surface area contributed by atoms with Crippen LogP contribution in [0, 0.1) is 19.8 Å². The number of piperidine rings is 1. The van der Waals surface area contributed by atoms with E-state index < -0.39 is 0 Å². The van der Waals surface area contributed by atoms with Crippen LogP contribution in [0.5, 0.6) is 0 Å². The Bertz CT molecular complexity index is 1000. The van der Waals surface area contributed by atoms with Gasteiger partial charge in [0.25, 0.3) is 5.91 Å². The second-order valence-electron chi connectivity index (χ2n) is 7.89. The number of anilines is 1. The normalized spacial score (nSPS) is 15.8. The van der Waals surface area contributed by atoms with Crippen molar-refractivity contribution >= 4 is 33.3 Å². The highest BCUT2D eigenvalue weighted by molar-refractivity contribution is 7.14. The minimum atomic E-state index is -0.131. The Hall–Kier alpha value is -2.31. The Morgan fingerprint density at radius 2 is 2.00 bits per heavy atom. The molecule has 0 atom stereocenters. The van der Waals surface area contributed by atoms with Gasteiger partial charge in [-0.2, -0.15) is 0 Å². The van der Waals surface area contributed by atoms with Crippen molar-refractivity contribution in [3.63, 3.8) is 0 Å².